The normalized spacial score (nSPS) is 10.3. The number of amides is 1. The summed E-state index contributed by atoms with van der Waals surface area (Å²) in [5.41, 5.74) is 5.64. The van der Waals surface area contributed by atoms with E-state index in [2.05, 4.69) is 0 Å². The average Bonchev–Trinajstić information content (AvgIpc) is 2.49. The van der Waals surface area contributed by atoms with E-state index < -0.39 is 16.6 Å². The molecule has 0 bridgehead atoms. The van der Waals surface area contributed by atoms with Gasteiger partial charge in [0.2, 0.25) is 0 Å². The first-order valence-corrected chi connectivity index (χ1v) is 6.43. The number of hydrogen-bond donors (Lipinski definition) is 1. The molecule has 2 N–H and O–H groups in total. The number of anilines is 1. The Morgan fingerprint density at radius 3 is 2.64 bits per heavy atom. The Labute approximate surface area is 126 Å². The van der Waals surface area contributed by atoms with Crippen LogP contribution in [0.5, 0.6) is 0 Å². The van der Waals surface area contributed by atoms with Gasteiger partial charge in [0.25, 0.3) is 11.6 Å². The molecule has 2 aromatic rings. The van der Waals surface area contributed by atoms with E-state index in [4.69, 9.17) is 5.73 Å². The molecule has 0 unspecified atom stereocenters. The van der Waals surface area contributed by atoms with Crippen LogP contribution >= 0.6 is 0 Å². The first-order valence-electron chi connectivity index (χ1n) is 6.43. The van der Waals surface area contributed by atoms with E-state index in [-0.39, 0.29) is 23.5 Å². The van der Waals surface area contributed by atoms with Gasteiger partial charge in [0.15, 0.2) is 0 Å². The smallest absolute Gasteiger partial charge is 0.292 e. The van der Waals surface area contributed by atoms with Crippen LogP contribution in [0, 0.1) is 15.9 Å². The highest BCUT2D eigenvalue weighted by Crippen LogP contribution is 2.23. The summed E-state index contributed by atoms with van der Waals surface area (Å²) in [6.45, 7) is 0.0592. The van der Waals surface area contributed by atoms with Crippen molar-refractivity contribution in [2.45, 2.75) is 6.54 Å². The minimum atomic E-state index is -0.650. The zero-order chi connectivity index (χ0) is 16.3. The molecular formula is C15H14FN3O3. The fourth-order valence-electron chi connectivity index (χ4n) is 2.01. The number of carbonyl (C=O) groups excluding carboxylic acids is 1. The van der Waals surface area contributed by atoms with Crippen molar-refractivity contribution in [2.24, 2.45) is 0 Å². The highest BCUT2D eigenvalue weighted by molar-refractivity contribution is 5.95. The molecule has 114 valence electrons. The summed E-state index contributed by atoms with van der Waals surface area (Å²) in [5, 5.41) is 10.9. The van der Waals surface area contributed by atoms with Crippen molar-refractivity contribution < 1.29 is 14.1 Å². The molecule has 2 rings (SSSR count). The summed E-state index contributed by atoms with van der Waals surface area (Å²) in [7, 11) is 1.50. The van der Waals surface area contributed by atoms with Crippen molar-refractivity contribution in [1.82, 2.24) is 4.90 Å². The van der Waals surface area contributed by atoms with Gasteiger partial charge in [0, 0.05) is 30.8 Å². The number of halogens is 1. The van der Waals surface area contributed by atoms with Crippen LogP contribution < -0.4 is 5.73 Å². The van der Waals surface area contributed by atoms with Crippen molar-refractivity contribution in [2.75, 3.05) is 12.8 Å². The molecule has 0 aromatic heterocycles. The lowest BCUT2D eigenvalue weighted by atomic mass is 10.1. The van der Waals surface area contributed by atoms with E-state index in [1.165, 1.54) is 30.1 Å². The van der Waals surface area contributed by atoms with E-state index in [0.717, 1.165) is 6.07 Å². The minimum absolute atomic E-state index is 0.0155. The van der Waals surface area contributed by atoms with Gasteiger partial charge in [0.05, 0.1) is 4.92 Å². The third kappa shape index (κ3) is 3.20. The van der Waals surface area contributed by atoms with Crippen LogP contribution in [-0.4, -0.2) is 22.8 Å². The second kappa shape index (κ2) is 6.21. The molecule has 22 heavy (non-hydrogen) atoms. The molecule has 0 aliphatic heterocycles. The van der Waals surface area contributed by atoms with Gasteiger partial charge in [-0.05, 0) is 18.2 Å². The van der Waals surface area contributed by atoms with Crippen molar-refractivity contribution in [1.29, 1.82) is 0 Å². The first-order chi connectivity index (χ1) is 10.4. The maximum Gasteiger partial charge on any atom is 0.292 e. The van der Waals surface area contributed by atoms with Gasteiger partial charge in [-0.15, -0.1) is 0 Å². The Morgan fingerprint density at radius 2 is 2.00 bits per heavy atom. The molecule has 0 spiro atoms. The molecule has 0 radical (unpaired) electrons. The van der Waals surface area contributed by atoms with E-state index in [1.807, 2.05) is 0 Å². The van der Waals surface area contributed by atoms with Crippen LogP contribution in [0.25, 0.3) is 0 Å². The van der Waals surface area contributed by atoms with Crippen molar-refractivity contribution in [3.05, 3.63) is 69.5 Å². The van der Waals surface area contributed by atoms with E-state index in [9.17, 15) is 19.3 Å². The number of carbonyl (C=O) groups is 1. The summed E-state index contributed by atoms with van der Waals surface area (Å²) >= 11 is 0. The number of nitrogens with zero attached hydrogens (tertiary/aromatic N) is 2. The summed E-state index contributed by atoms with van der Waals surface area (Å²) in [5.74, 6) is -0.864. The summed E-state index contributed by atoms with van der Waals surface area (Å²) in [4.78, 5) is 23.8. The quantitative estimate of drug-likeness (QED) is 0.534. The minimum Gasteiger partial charge on any atom is -0.393 e. The molecular weight excluding hydrogens is 289 g/mol. The highest BCUT2D eigenvalue weighted by Gasteiger charge is 2.18. The van der Waals surface area contributed by atoms with Gasteiger partial charge in [-0.2, -0.15) is 0 Å². The third-order valence-corrected chi connectivity index (χ3v) is 3.19. The number of hydrogen-bond acceptors (Lipinski definition) is 4. The van der Waals surface area contributed by atoms with Gasteiger partial charge in [-0.25, -0.2) is 4.39 Å². The average molecular weight is 303 g/mol. The summed E-state index contributed by atoms with van der Waals surface area (Å²) < 4.78 is 13.6. The van der Waals surface area contributed by atoms with Gasteiger partial charge in [-0.1, -0.05) is 18.2 Å². The van der Waals surface area contributed by atoms with Gasteiger partial charge in [-0.3, -0.25) is 14.9 Å². The van der Waals surface area contributed by atoms with Crippen molar-refractivity contribution in [3.8, 4) is 0 Å². The van der Waals surface area contributed by atoms with Gasteiger partial charge < -0.3 is 10.6 Å². The maximum atomic E-state index is 13.6. The molecule has 7 heteroatoms. The lowest BCUT2D eigenvalue weighted by molar-refractivity contribution is -0.383. The zero-order valence-electron chi connectivity index (χ0n) is 11.8. The summed E-state index contributed by atoms with van der Waals surface area (Å²) in [6.07, 6.45) is 0. The third-order valence-electron chi connectivity index (χ3n) is 3.19. The van der Waals surface area contributed by atoms with Crippen molar-refractivity contribution in [3.63, 3.8) is 0 Å². The lowest BCUT2D eigenvalue weighted by Gasteiger charge is -2.17. The van der Waals surface area contributed by atoms with Gasteiger partial charge >= 0.3 is 0 Å². The Kier molecular flexibility index (Phi) is 4.36. The number of nitro groups is 1. The molecule has 1 amide bonds. The second-order valence-electron chi connectivity index (χ2n) is 4.78. The maximum absolute atomic E-state index is 13.6. The molecule has 6 nitrogen and oxygen atoms in total. The van der Waals surface area contributed by atoms with Crippen LogP contribution in [0.3, 0.4) is 0 Å². The number of nitro benzene ring substituents is 1. The Balaban J connectivity index is 2.23. The van der Waals surface area contributed by atoms with Crippen molar-refractivity contribution >= 4 is 17.3 Å². The summed E-state index contributed by atoms with van der Waals surface area (Å²) in [6, 6.07) is 9.95. The monoisotopic (exact) mass is 303 g/mol. The lowest BCUT2D eigenvalue weighted by Crippen LogP contribution is -2.26. The molecule has 2 aromatic carbocycles. The van der Waals surface area contributed by atoms with Crippen LogP contribution in [0.15, 0.2) is 42.5 Å². The fraction of sp³-hybridized carbons (Fsp3) is 0.133. The number of rotatable bonds is 4. The number of nitrogen functional groups attached to an aromatic ring is 1. The Morgan fingerprint density at radius 1 is 1.32 bits per heavy atom. The van der Waals surface area contributed by atoms with Crippen LogP contribution in [0.4, 0.5) is 15.8 Å². The van der Waals surface area contributed by atoms with Crippen LogP contribution in [-0.2, 0) is 6.54 Å². The highest BCUT2D eigenvalue weighted by atomic mass is 19.1. The number of benzene rings is 2. The second-order valence-corrected chi connectivity index (χ2v) is 4.78. The molecule has 0 heterocycles. The molecule has 0 aliphatic carbocycles. The first kappa shape index (κ1) is 15.4. The van der Waals surface area contributed by atoms with Gasteiger partial charge in [0.1, 0.15) is 11.5 Å². The van der Waals surface area contributed by atoms with E-state index in [1.54, 1.807) is 18.2 Å². The predicted octanol–water partition coefficient (Wildman–Crippen LogP) is 2.59. The predicted molar refractivity (Wildman–Crippen MR) is 79.7 cm³/mol. The molecule has 0 aliphatic rings. The number of nitrogens with two attached hydrogens (primary N) is 1. The SMILES string of the molecule is CN(Cc1ccccc1F)C(=O)c1ccc(N)c([N+](=O)[O-])c1. The topological polar surface area (TPSA) is 89.5 Å². The zero-order valence-corrected chi connectivity index (χ0v) is 11.8. The molecule has 0 saturated heterocycles. The Hall–Kier alpha value is -2.96. The van der Waals surface area contributed by atoms with Crippen LogP contribution in [0.2, 0.25) is 0 Å². The molecule has 0 saturated carbocycles. The molecule has 0 fully saturated rings. The fourth-order valence-corrected chi connectivity index (χ4v) is 2.01. The standard InChI is InChI=1S/C15H14FN3O3/c1-18(9-11-4-2-3-5-12(11)16)15(20)10-6-7-13(17)14(8-10)19(21)22/h2-8H,9,17H2,1H3. The largest absolute Gasteiger partial charge is 0.393 e. The molecule has 0 atom stereocenters. The van der Waals surface area contributed by atoms with E-state index >= 15 is 0 Å². The van der Waals surface area contributed by atoms with E-state index in [0.29, 0.717) is 5.56 Å². The Bertz CT molecular complexity index is 734. The van der Waals surface area contributed by atoms with Crippen LogP contribution in [0.1, 0.15) is 15.9 Å².